The molecule has 6 aromatic carbocycles. The van der Waals surface area contributed by atoms with Gasteiger partial charge in [0.15, 0.2) is 5.82 Å². The molecule has 8 aromatic rings. The third-order valence-electron chi connectivity index (χ3n) is 11.9. The van der Waals surface area contributed by atoms with Gasteiger partial charge in [-0.3, -0.25) is 14.9 Å². The number of nitrogens with one attached hydrogen (secondary N) is 1. The Bertz CT molecular complexity index is 3580. The average Bonchev–Trinajstić information content (AvgIpc) is 4.14. The van der Waals surface area contributed by atoms with Crippen molar-refractivity contribution in [1.29, 1.82) is 0 Å². The van der Waals surface area contributed by atoms with Crippen molar-refractivity contribution in [3.05, 3.63) is 164 Å². The van der Waals surface area contributed by atoms with Crippen LogP contribution in [-0.4, -0.2) is 102 Å². The Hall–Kier alpha value is -4.26. The number of hydrogen-bond acceptors (Lipinski definition) is 15. The quantitative estimate of drug-likeness (QED) is 0.0288. The topological polar surface area (TPSA) is 266 Å². The van der Waals surface area contributed by atoms with Crippen LogP contribution >= 0.6 is 111 Å². The summed E-state index contributed by atoms with van der Waals surface area (Å²) in [6, 6.07) is 28.6. The first kappa shape index (κ1) is 74.0. The molecule has 0 spiro atoms. The molecule has 0 aliphatic heterocycles. The predicted octanol–water partition coefficient (Wildman–Crippen LogP) is 13.0. The molecule has 2 aromatic heterocycles. The molecule has 0 unspecified atom stereocenters. The minimum Gasteiger partial charge on any atom is -0.872 e. The Morgan fingerprint density at radius 3 is 1.33 bits per heavy atom. The third-order valence-corrected chi connectivity index (χ3v) is 20.9. The van der Waals surface area contributed by atoms with E-state index in [1.807, 2.05) is 0 Å². The Labute approximate surface area is 568 Å². The van der Waals surface area contributed by atoms with Gasteiger partial charge in [-0.15, -0.1) is 10.2 Å². The van der Waals surface area contributed by atoms with Crippen molar-refractivity contribution in [1.82, 2.24) is 29.7 Å². The van der Waals surface area contributed by atoms with Crippen molar-refractivity contribution in [2.24, 2.45) is 25.5 Å². The maximum Gasteiger partial charge on any atom is 2.00 e. The Morgan fingerprint density at radius 2 is 0.869 bits per heavy atom. The molecule has 0 fully saturated rings. The predicted molar refractivity (Wildman–Crippen MR) is 352 cm³/mol. The zero-order valence-corrected chi connectivity index (χ0v) is 60.5. The van der Waals surface area contributed by atoms with E-state index < -0.39 is 0 Å². The van der Waals surface area contributed by atoms with Crippen LogP contribution in [0.1, 0.15) is 63.8 Å². The van der Waals surface area contributed by atoms with Crippen LogP contribution in [-0.2, 0) is 40.8 Å². The summed E-state index contributed by atoms with van der Waals surface area (Å²) in [7, 11) is 0.275. The van der Waals surface area contributed by atoms with Crippen LogP contribution in [0.3, 0.4) is 0 Å². The Kier molecular flexibility index (Phi) is 33.6. The maximum absolute atomic E-state index is 12.2. The van der Waals surface area contributed by atoms with Crippen LogP contribution in [0.15, 0.2) is 162 Å². The Morgan fingerprint density at radius 1 is 0.488 bits per heavy atom. The number of nitrogens with zero attached hydrogens (tertiary/aromatic N) is 11. The van der Waals surface area contributed by atoms with E-state index in [1.54, 1.807) is 72.8 Å². The fourth-order valence-corrected chi connectivity index (χ4v) is 12.4. The number of phenols is 3. The summed E-state index contributed by atoms with van der Waals surface area (Å²) in [6.45, 7) is 13.8. The summed E-state index contributed by atoms with van der Waals surface area (Å²) in [5.74, 6) is -0.244. The molecule has 0 amide bonds. The van der Waals surface area contributed by atoms with E-state index in [0.717, 1.165) is 13.4 Å². The number of aromatic hydroxyl groups is 3. The van der Waals surface area contributed by atoms with E-state index in [4.69, 9.17) is 0 Å². The molecule has 0 aliphatic rings. The van der Waals surface area contributed by atoms with Gasteiger partial charge in [0.1, 0.15) is 23.1 Å². The fraction of sp³-hybridized carbons (Fsp3) is 0.214. The molecule has 2 heterocycles. The molecule has 0 atom stereocenters. The zero-order valence-electron chi connectivity index (χ0n) is 45.8. The number of rotatable bonds is 17. The molecule has 8 rings (SSSR count). The van der Waals surface area contributed by atoms with E-state index in [1.165, 1.54) is 108 Å². The van der Waals surface area contributed by atoms with Crippen molar-refractivity contribution >= 4 is 142 Å². The number of benzene rings is 6. The van der Waals surface area contributed by atoms with Crippen molar-refractivity contribution in [3.63, 3.8) is 0 Å². The van der Waals surface area contributed by atoms with Gasteiger partial charge in [0.2, 0.25) is 0 Å². The van der Waals surface area contributed by atoms with Crippen LogP contribution in [0.25, 0.3) is 22.8 Å². The number of phenolic OH excluding ortho intramolecular Hbond substituents is 3. The smallest absolute Gasteiger partial charge is 0.872 e. The van der Waals surface area contributed by atoms with E-state index in [-0.39, 0.29) is 114 Å². The van der Waals surface area contributed by atoms with Gasteiger partial charge in [-0.05, 0) is 165 Å². The number of halogens is 6. The molecule has 18 nitrogen and oxygen atoms in total. The number of aromatic nitrogens is 6. The minimum absolute atomic E-state index is 0. The summed E-state index contributed by atoms with van der Waals surface area (Å²) in [5.41, 5.74) is 4.82. The van der Waals surface area contributed by atoms with Gasteiger partial charge in [-0.2, -0.15) is 14.9 Å². The molecule has 0 saturated carbocycles. The second kappa shape index (κ2) is 38.1. The van der Waals surface area contributed by atoms with E-state index in [9.17, 15) is 30.6 Å². The van der Waals surface area contributed by atoms with Crippen molar-refractivity contribution < 1.29 is 71.5 Å². The van der Waals surface area contributed by atoms with E-state index in [2.05, 4.69) is 188 Å². The van der Waals surface area contributed by atoms with Gasteiger partial charge in [0.25, 0.3) is 5.95 Å². The summed E-state index contributed by atoms with van der Waals surface area (Å²) in [6.07, 6.45) is 14.1. The maximum atomic E-state index is 12.2. The molecule has 0 saturated heterocycles. The first-order valence-electron chi connectivity index (χ1n) is 25.4. The summed E-state index contributed by atoms with van der Waals surface area (Å²) in [5, 5.41) is 104. The van der Waals surface area contributed by atoms with Gasteiger partial charge in [0.05, 0.1) is 60.6 Å². The normalized spacial score (nSPS) is 11.3. The van der Waals surface area contributed by atoms with Gasteiger partial charge in [-0.1, -0.05) is 131 Å². The van der Waals surface area contributed by atoms with Gasteiger partial charge < -0.3 is 30.6 Å². The van der Waals surface area contributed by atoms with Crippen LogP contribution in [0.4, 0.5) is 5.95 Å². The largest absolute Gasteiger partial charge is 2.00 e. The van der Waals surface area contributed by atoms with Gasteiger partial charge in [-0.25, -0.2) is 20.7 Å². The average molecular weight is 1750 g/mol. The minimum atomic E-state index is -0.225. The SMILES string of the molecule is CC[PH+](CC)CC.CC[PH+](CC)CC.[O-]c1ccc(Br)cc1/C=N/N=c1\[n-]nc(-c2cc(Br)ccc2O)n1/N=C/c1cc(Br)ccc1O.[O-]c1ccc(Br)cc1/C=N/Nc1nnc(-c2cc(Br)ccc2O)n1/N=C/c1cc(Br)ccc1[O-].[Pd+2].[Pd+2]. The monoisotopic (exact) mass is 1740 g/mol. The van der Waals surface area contributed by atoms with Crippen molar-refractivity contribution in [2.45, 2.75) is 41.5 Å². The summed E-state index contributed by atoms with van der Waals surface area (Å²) in [4.78, 5) is 0. The van der Waals surface area contributed by atoms with Crippen molar-refractivity contribution in [2.75, 3.05) is 42.4 Å². The first-order valence-corrected chi connectivity index (χ1v) is 34.4. The molecule has 28 heteroatoms. The van der Waals surface area contributed by atoms with E-state index in [0.29, 0.717) is 46.8 Å². The zero-order chi connectivity index (χ0) is 59.9. The second-order valence-corrected chi connectivity index (χ2v) is 29.9. The Balaban J connectivity index is 0.000000352. The molecule has 448 valence electrons. The van der Waals surface area contributed by atoms with Crippen molar-refractivity contribution in [3.8, 4) is 57.3 Å². The number of hydrogen-bond donors (Lipinski definition) is 4. The van der Waals surface area contributed by atoms with Crippen LogP contribution in [0, 0.1) is 0 Å². The second-order valence-electron chi connectivity index (χ2n) is 17.2. The third kappa shape index (κ3) is 22.8. The van der Waals surface area contributed by atoms with Crippen LogP contribution in [0.2, 0.25) is 0 Å². The molecule has 0 aliphatic carbocycles. The molecule has 0 radical (unpaired) electrons. The first-order chi connectivity index (χ1) is 39.3. The summed E-state index contributed by atoms with van der Waals surface area (Å²) >= 11 is 20.1. The fourth-order valence-electron chi connectivity index (χ4n) is 7.14. The van der Waals surface area contributed by atoms with Crippen LogP contribution < -0.4 is 31.5 Å². The van der Waals surface area contributed by atoms with Crippen LogP contribution in [0.5, 0.6) is 34.5 Å². The summed E-state index contributed by atoms with van der Waals surface area (Å²) < 4.78 is 6.88. The molecular formula is C56H58Br6N12O6P2Pd2+2. The number of anilines is 1. The standard InChI is InChI=1S/C22H15Br3N6O3.C22H14Br3N6O3.2C6H15P.2Pd/c2*23-14-1-4-18(32)12(7-14)10-26-29-22-30-28-21(17-9-16(25)3-6-20(17)34)31(22)27-11-13-8-15(24)2-5-19(13)33;2*1-4-7(5-2)6-3;;/h1-11,32-34H,(H,29,30);1-11H,(H3-,26,27,28,29,30,32,33,34);2*4-6H2,1-3H3;;/q;-1;;;2*+2/p-1/b26-10+,27-11+;;;;;. The molecule has 84 heavy (non-hydrogen) atoms. The van der Waals surface area contributed by atoms with E-state index >= 15 is 0 Å². The number of hydrazone groups is 1. The molecule has 0 bridgehead atoms. The molecule has 4 N–H and O–H groups in total. The molecular weight excluding hydrogens is 1690 g/mol. The van der Waals surface area contributed by atoms with Gasteiger partial charge >= 0.3 is 40.8 Å². The van der Waals surface area contributed by atoms with Gasteiger partial charge in [0, 0.05) is 50.4 Å².